The van der Waals surface area contributed by atoms with E-state index >= 15 is 0 Å². The van der Waals surface area contributed by atoms with Crippen molar-refractivity contribution in [2.75, 3.05) is 0 Å². The predicted molar refractivity (Wildman–Crippen MR) is 102 cm³/mol. The fraction of sp³-hybridized carbons (Fsp3) is 0. The van der Waals surface area contributed by atoms with Gasteiger partial charge in [0.15, 0.2) is 0 Å². The van der Waals surface area contributed by atoms with Crippen LogP contribution in [0.15, 0.2) is 80.1 Å². The van der Waals surface area contributed by atoms with Crippen LogP contribution >= 0.6 is 0 Å². The molecule has 0 radical (unpaired) electrons. The van der Waals surface area contributed by atoms with Crippen molar-refractivity contribution in [1.82, 2.24) is 0 Å². The summed E-state index contributed by atoms with van der Waals surface area (Å²) >= 11 is 0. The number of fused-ring (bicyclic) bond motifs is 1. The van der Waals surface area contributed by atoms with Gasteiger partial charge in [0.25, 0.3) is 0 Å². The number of ether oxygens (including phenoxy) is 3. The Kier molecular flexibility index (Phi) is 5.04. The smallest absolute Gasteiger partial charge is 0.335 e. The summed E-state index contributed by atoms with van der Waals surface area (Å²) in [6, 6.07) is 12.0. The third-order valence-corrected chi connectivity index (χ3v) is 3.75. The van der Waals surface area contributed by atoms with Crippen molar-refractivity contribution >= 4 is 23.6 Å². The van der Waals surface area contributed by atoms with E-state index in [2.05, 4.69) is 19.7 Å². The zero-order valence-electron chi connectivity index (χ0n) is 14.4. The molecular formula is C22H16O5. The van der Waals surface area contributed by atoms with E-state index in [-0.39, 0.29) is 0 Å². The number of carbonyl (C=O) groups excluding carboxylic acids is 2. The fourth-order valence-corrected chi connectivity index (χ4v) is 2.47. The average molecular weight is 360 g/mol. The number of benzene rings is 2. The molecule has 2 aromatic rings. The maximum absolute atomic E-state index is 11.3. The fourth-order valence-electron chi connectivity index (χ4n) is 2.47. The number of carbonyl (C=O) groups is 2. The van der Waals surface area contributed by atoms with Gasteiger partial charge in [-0.15, -0.1) is 0 Å². The zero-order chi connectivity index (χ0) is 19.4. The highest BCUT2D eigenvalue weighted by Crippen LogP contribution is 2.38. The molecule has 0 aromatic heterocycles. The highest BCUT2D eigenvalue weighted by atomic mass is 16.5. The van der Waals surface area contributed by atoms with E-state index in [0.29, 0.717) is 23.0 Å². The van der Waals surface area contributed by atoms with Gasteiger partial charge in [-0.05, 0) is 35.9 Å². The SMILES string of the molecule is C=CC(=O)Oc1ccc(C2=Cc3ccc(OC(=O)C=C)cc3OC2=C)cc1. The Morgan fingerprint density at radius 3 is 2.11 bits per heavy atom. The summed E-state index contributed by atoms with van der Waals surface area (Å²) in [5.74, 6) is 0.699. The van der Waals surface area contributed by atoms with Crippen LogP contribution in [-0.4, -0.2) is 11.9 Å². The van der Waals surface area contributed by atoms with E-state index in [1.165, 1.54) is 0 Å². The number of hydrogen-bond acceptors (Lipinski definition) is 5. The topological polar surface area (TPSA) is 61.8 Å². The van der Waals surface area contributed by atoms with Crippen molar-refractivity contribution in [2.24, 2.45) is 0 Å². The molecular weight excluding hydrogens is 344 g/mol. The largest absolute Gasteiger partial charge is 0.457 e. The molecule has 1 aliphatic rings. The lowest BCUT2D eigenvalue weighted by atomic mass is 9.98. The average Bonchev–Trinajstić information content (AvgIpc) is 2.68. The molecule has 0 N–H and O–H groups in total. The molecule has 3 rings (SSSR count). The second kappa shape index (κ2) is 7.58. The van der Waals surface area contributed by atoms with Gasteiger partial charge in [0.05, 0.1) is 0 Å². The van der Waals surface area contributed by atoms with Crippen LogP contribution in [0.4, 0.5) is 0 Å². The van der Waals surface area contributed by atoms with Gasteiger partial charge in [-0.3, -0.25) is 0 Å². The van der Waals surface area contributed by atoms with Crippen LogP contribution in [0.3, 0.4) is 0 Å². The Morgan fingerprint density at radius 1 is 0.889 bits per heavy atom. The molecule has 2 aromatic carbocycles. The summed E-state index contributed by atoms with van der Waals surface area (Å²) < 4.78 is 15.9. The maximum Gasteiger partial charge on any atom is 0.335 e. The van der Waals surface area contributed by atoms with Gasteiger partial charge in [0.2, 0.25) is 0 Å². The van der Waals surface area contributed by atoms with E-state index in [4.69, 9.17) is 14.2 Å². The molecule has 1 heterocycles. The van der Waals surface area contributed by atoms with Gasteiger partial charge >= 0.3 is 11.9 Å². The van der Waals surface area contributed by atoms with Crippen LogP contribution in [0.1, 0.15) is 11.1 Å². The summed E-state index contributed by atoms with van der Waals surface area (Å²) in [4.78, 5) is 22.6. The first-order chi connectivity index (χ1) is 13.0. The predicted octanol–water partition coefficient (Wildman–Crippen LogP) is 4.32. The number of hydrogen-bond donors (Lipinski definition) is 0. The van der Waals surface area contributed by atoms with Gasteiger partial charge in [-0.1, -0.05) is 31.9 Å². The molecule has 134 valence electrons. The highest BCUT2D eigenvalue weighted by Gasteiger charge is 2.18. The minimum absolute atomic E-state index is 0.358. The van der Waals surface area contributed by atoms with E-state index < -0.39 is 11.9 Å². The molecule has 0 saturated heterocycles. The maximum atomic E-state index is 11.3. The van der Waals surface area contributed by atoms with Crippen molar-refractivity contribution in [2.45, 2.75) is 0 Å². The van der Waals surface area contributed by atoms with Crippen LogP contribution in [0, 0.1) is 0 Å². The summed E-state index contributed by atoms with van der Waals surface area (Å²) in [6.07, 6.45) is 4.11. The summed E-state index contributed by atoms with van der Waals surface area (Å²) in [7, 11) is 0. The number of rotatable bonds is 5. The van der Waals surface area contributed by atoms with Crippen LogP contribution in [0.2, 0.25) is 0 Å². The summed E-state index contributed by atoms with van der Waals surface area (Å²) in [6.45, 7) is 10.7. The molecule has 0 fully saturated rings. The minimum atomic E-state index is -0.543. The normalized spacial score (nSPS) is 12.1. The second-order valence-corrected chi connectivity index (χ2v) is 5.56. The molecule has 0 unspecified atom stereocenters. The molecule has 0 spiro atoms. The van der Waals surface area contributed by atoms with E-state index in [1.807, 2.05) is 6.08 Å². The first kappa shape index (κ1) is 17.9. The van der Waals surface area contributed by atoms with Gasteiger partial charge in [0.1, 0.15) is 23.0 Å². The van der Waals surface area contributed by atoms with Crippen molar-refractivity contribution in [3.8, 4) is 17.2 Å². The monoisotopic (exact) mass is 360 g/mol. The zero-order valence-corrected chi connectivity index (χ0v) is 14.4. The summed E-state index contributed by atoms with van der Waals surface area (Å²) in [5.41, 5.74) is 2.46. The van der Waals surface area contributed by atoms with Gasteiger partial charge in [0, 0.05) is 29.4 Å². The van der Waals surface area contributed by atoms with Gasteiger partial charge in [-0.25, -0.2) is 9.59 Å². The molecule has 0 aliphatic carbocycles. The van der Waals surface area contributed by atoms with Gasteiger partial charge < -0.3 is 14.2 Å². The Bertz CT molecular complexity index is 980. The molecule has 27 heavy (non-hydrogen) atoms. The molecule has 5 heteroatoms. The van der Waals surface area contributed by atoms with Crippen LogP contribution in [-0.2, 0) is 9.59 Å². The molecule has 5 nitrogen and oxygen atoms in total. The third kappa shape index (κ3) is 4.04. The molecule has 0 atom stereocenters. The molecule has 1 aliphatic heterocycles. The highest BCUT2D eigenvalue weighted by molar-refractivity contribution is 5.93. The van der Waals surface area contributed by atoms with Crippen molar-refractivity contribution in [3.05, 3.63) is 91.2 Å². The Hall–Kier alpha value is -3.86. The number of allylic oxidation sites excluding steroid dienone is 1. The molecule has 0 saturated carbocycles. The first-order valence-corrected chi connectivity index (χ1v) is 8.02. The lowest BCUT2D eigenvalue weighted by Gasteiger charge is -2.20. The van der Waals surface area contributed by atoms with E-state index in [1.54, 1.807) is 42.5 Å². The van der Waals surface area contributed by atoms with Crippen molar-refractivity contribution in [3.63, 3.8) is 0 Å². The third-order valence-electron chi connectivity index (χ3n) is 3.75. The first-order valence-electron chi connectivity index (χ1n) is 8.02. The van der Waals surface area contributed by atoms with Crippen molar-refractivity contribution in [1.29, 1.82) is 0 Å². The van der Waals surface area contributed by atoms with Crippen LogP contribution in [0.5, 0.6) is 17.2 Å². The van der Waals surface area contributed by atoms with Crippen LogP contribution in [0.25, 0.3) is 11.6 Å². The Morgan fingerprint density at radius 2 is 1.48 bits per heavy atom. The number of esters is 2. The lowest BCUT2D eigenvalue weighted by Crippen LogP contribution is -2.07. The van der Waals surface area contributed by atoms with E-state index in [0.717, 1.165) is 28.9 Å². The quantitative estimate of drug-likeness (QED) is 0.452. The Labute approximate surface area is 156 Å². The lowest BCUT2D eigenvalue weighted by molar-refractivity contribution is -0.129. The van der Waals surface area contributed by atoms with Gasteiger partial charge in [-0.2, -0.15) is 0 Å². The Balaban J connectivity index is 1.86. The minimum Gasteiger partial charge on any atom is -0.457 e. The second-order valence-electron chi connectivity index (χ2n) is 5.56. The van der Waals surface area contributed by atoms with Crippen LogP contribution < -0.4 is 14.2 Å². The molecule has 0 amide bonds. The van der Waals surface area contributed by atoms with E-state index in [9.17, 15) is 9.59 Å². The molecule has 0 bridgehead atoms. The summed E-state index contributed by atoms with van der Waals surface area (Å²) in [5, 5.41) is 0. The standard InChI is InChI=1S/C22H16O5/c1-4-21(23)26-17-9-6-15(7-10-17)19-12-16-8-11-18(27-22(24)5-2)13-20(16)25-14(19)3/h4-13H,1-3H2. The van der Waals surface area contributed by atoms with Crippen molar-refractivity contribution < 1.29 is 23.8 Å².